The average Bonchev–Trinajstić information content (AvgIpc) is 2.53. The van der Waals surface area contributed by atoms with Gasteiger partial charge in [-0.2, -0.15) is 0 Å². The van der Waals surface area contributed by atoms with Crippen LogP contribution in [0.15, 0.2) is 28.2 Å². The molecule has 1 aromatic heterocycles. The molecule has 2 aromatic rings. The van der Waals surface area contributed by atoms with Crippen LogP contribution in [0.4, 0.5) is 0 Å². The quantitative estimate of drug-likeness (QED) is 0.590. The topological polar surface area (TPSA) is 74.8 Å². The van der Waals surface area contributed by atoms with Crippen LogP contribution in [0.3, 0.4) is 0 Å². The number of benzene rings is 1. The summed E-state index contributed by atoms with van der Waals surface area (Å²) in [4.78, 5) is 31.0. The maximum absolute atomic E-state index is 12.0. The van der Waals surface area contributed by atoms with Crippen LogP contribution in [0.25, 0.3) is 0 Å². The van der Waals surface area contributed by atoms with Gasteiger partial charge in [0, 0.05) is 34.3 Å². The molecule has 2 rings (SSSR count). The van der Waals surface area contributed by atoms with Gasteiger partial charge in [0.15, 0.2) is 5.16 Å². The number of halogens is 2. The number of hydrogen-bond donors (Lipinski definition) is 2. The number of aromatic nitrogens is 2. The molecule has 1 heterocycles. The number of nitrogens with zero attached hydrogens (tertiary/aromatic N) is 1. The summed E-state index contributed by atoms with van der Waals surface area (Å²) in [7, 11) is 0. The number of aryl methyl sites for hydroxylation is 1. The minimum Gasteiger partial charge on any atom is -0.352 e. The molecule has 0 saturated heterocycles. The maximum atomic E-state index is 12.0. The van der Waals surface area contributed by atoms with Gasteiger partial charge in [-0.15, -0.1) is 0 Å². The maximum Gasteiger partial charge on any atom is 0.254 e. The molecule has 0 radical (unpaired) electrons. The van der Waals surface area contributed by atoms with Gasteiger partial charge in [-0.3, -0.25) is 9.59 Å². The molecule has 1 amide bonds. The van der Waals surface area contributed by atoms with Gasteiger partial charge in [0.1, 0.15) is 0 Å². The van der Waals surface area contributed by atoms with E-state index in [0.717, 1.165) is 5.56 Å². The number of aromatic amines is 1. The lowest BCUT2D eigenvalue weighted by molar-refractivity contribution is -0.121. The smallest absolute Gasteiger partial charge is 0.254 e. The van der Waals surface area contributed by atoms with Crippen LogP contribution >= 0.6 is 35.0 Å². The normalized spacial score (nSPS) is 10.7. The number of thioether (sulfide) groups is 1. The third kappa shape index (κ3) is 5.00. The van der Waals surface area contributed by atoms with E-state index in [0.29, 0.717) is 39.4 Å². The van der Waals surface area contributed by atoms with E-state index in [1.54, 1.807) is 25.1 Å². The van der Waals surface area contributed by atoms with Crippen LogP contribution in [0.5, 0.6) is 0 Å². The Morgan fingerprint density at radius 3 is 2.75 bits per heavy atom. The summed E-state index contributed by atoms with van der Waals surface area (Å²) < 4.78 is 0. The van der Waals surface area contributed by atoms with Crippen LogP contribution in [0.1, 0.15) is 23.2 Å². The average molecular weight is 386 g/mol. The van der Waals surface area contributed by atoms with Crippen molar-refractivity contribution in [3.05, 3.63) is 55.4 Å². The highest BCUT2D eigenvalue weighted by atomic mass is 35.5. The zero-order valence-electron chi connectivity index (χ0n) is 13.3. The van der Waals surface area contributed by atoms with Gasteiger partial charge in [0.2, 0.25) is 5.91 Å². The fourth-order valence-corrected chi connectivity index (χ4v) is 3.06. The minimum absolute atomic E-state index is 0.159. The summed E-state index contributed by atoms with van der Waals surface area (Å²) in [5, 5.41) is 4.41. The fourth-order valence-electron chi connectivity index (χ4n) is 2.16. The van der Waals surface area contributed by atoms with Crippen molar-refractivity contribution in [3.63, 3.8) is 0 Å². The number of amides is 1. The number of nitrogens with one attached hydrogen (secondary N) is 2. The van der Waals surface area contributed by atoms with E-state index in [2.05, 4.69) is 15.3 Å². The Kier molecular flexibility index (Phi) is 6.71. The lowest BCUT2D eigenvalue weighted by Gasteiger charge is -2.08. The van der Waals surface area contributed by atoms with E-state index in [1.165, 1.54) is 11.8 Å². The van der Waals surface area contributed by atoms with E-state index >= 15 is 0 Å². The van der Waals surface area contributed by atoms with E-state index in [9.17, 15) is 9.59 Å². The molecule has 8 heteroatoms. The third-order valence-electron chi connectivity index (χ3n) is 3.49. The first-order chi connectivity index (χ1) is 11.4. The first-order valence-corrected chi connectivity index (χ1v) is 9.23. The number of carbonyl (C=O) groups is 1. The van der Waals surface area contributed by atoms with Crippen molar-refractivity contribution in [2.45, 2.75) is 31.5 Å². The SMILES string of the molecule is CSc1nc(C)c(CCC(=O)NCc2ccc(Cl)cc2Cl)c(=O)[nH]1. The summed E-state index contributed by atoms with van der Waals surface area (Å²) in [6.07, 6.45) is 2.38. The van der Waals surface area contributed by atoms with Crippen LogP contribution in [0, 0.1) is 6.92 Å². The molecular weight excluding hydrogens is 369 g/mol. The molecule has 2 N–H and O–H groups in total. The lowest BCUT2D eigenvalue weighted by Crippen LogP contribution is -2.25. The van der Waals surface area contributed by atoms with E-state index in [-0.39, 0.29) is 17.9 Å². The molecule has 128 valence electrons. The Morgan fingerprint density at radius 1 is 1.38 bits per heavy atom. The Bertz CT molecular complexity index is 808. The predicted molar refractivity (Wildman–Crippen MR) is 98.0 cm³/mol. The molecule has 0 atom stereocenters. The molecular formula is C16H17Cl2N3O2S. The van der Waals surface area contributed by atoms with E-state index in [4.69, 9.17) is 23.2 Å². The van der Waals surface area contributed by atoms with Gasteiger partial charge in [0.05, 0.1) is 0 Å². The highest BCUT2D eigenvalue weighted by Gasteiger charge is 2.11. The van der Waals surface area contributed by atoms with Gasteiger partial charge in [-0.25, -0.2) is 4.98 Å². The molecule has 0 unspecified atom stereocenters. The van der Waals surface area contributed by atoms with Gasteiger partial charge >= 0.3 is 0 Å². The van der Waals surface area contributed by atoms with Crippen LogP contribution < -0.4 is 10.9 Å². The third-order valence-corrected chi connectivity index (χ3v) is 4.65. The van der Waals surface area contributed by atoms with Crippen LogP contribution in [-0.4, -0.2) is 22.1 Å². The molecule has 0 bridgehead atoms. The lowest BCUT2D eigenvalue weighted by atomic mass is 10.1. The van der Waals surface area contributed by atoms with Crippen LogP contribution in [0.2, 0.25) is 10.0 Å². The Labute approximate surface area is 154 Å². The fraction of sp³-hybridized carbons (Fsp3) is 0.312. The van der Waals surface area contributed by atoms with Crippen molar-refractivity contribution in [3.8, 4) is 0 Å². The molecule has 0 aliphatic heterocycles. The summed E-state index contributed by atoms with van der Waals surface area (Å²) in [6.45, 7) is 2.09. The molecule has 0 saturated carbocycles. The summed E-state index contributed by atoms with van der Waals surface area (Å²) in [5.74, 6) is -0.159. The first-order valence-electron chi connectivity index (χ1n) is 7.25. The molecule has 0 spiro atoms. The number of carbonyl (C=O) groups excluding carboxylic acids is 1. The van der Waals surface area contributed by atoms with Gasteiger partial charge in [-0.05, 0) is 37.3 Å². The molecule has 0 aliphatic rings. The second-order valence-corrected chi connectivity index (χ2v) is 6.79. The zero-order chi connectivity index (χ0) is 17.7. The van der Waals surface area contributed by atoms with Crippen molar-refractivity contribution in [1.29, 1.82) is 0 Å². The number of hydrogen-bond acceptors (Lipinski definition) is 4. The molecule has 0 fully saturated rings. The standard InChI is InChI=1S/C16H17Cl2N3O2S/c1-9-12(15(23)21-16(20-9)24-2)5-6-14(22)19-8-10-3-4-11(17)7-13(10)18/h3-4,7H,5-6,8H2,1-2H3,(H,19,22)(H,20,21,23). The van der Waals surface area contributed by atoms with Crippen molar-refractivity contribution < 1.29 is 4.79 Å². The van der Waals surface area contributed by atoms with Crippen molar-refractivity contribution in [2.75, 3.05) is 6.26 Å². The summed E-state index contributed by atoms with van der Waals surface area (Å²) >= 11 is 13.3. The first kappa shape index (κ1) is 18.8. The van der Waals surface area contributed by atoms with Crippen LogP contribution in [-0.2, 0) is 17.8 Å². The monoisotopic (exact) mass is 385 g/mol. The molecule has 24 heavy (non-hydrogen) atoms. The summed E-state index contributed by atoms with van der Waals surface area (Å²) in [6, 6.07) is 5.12. The minimum atomic E-state index is -0.194. The van der Waals surface area contributed by atoms with Gasteiger partial charge < -0.3 is 10.3 Å². The van der Waals surface area contributed by atoms with Crippen molar-refractivity contribution in [2.24, 2.45) is 0 Å². The second kappa shape index (κ2) is 8.55. The molecule has 1 aromatic carbocycles. The molecule has 5 nitrogen and oxygen atoms in total. The summed E-state index contributed by atoms with van der Waals surface area (Å²) in [5.41, 5.74) is 1.78. The largest absolute Gasteiger partial charge is 0.352 e. The Morgan fingerprint density at radius 2 is 2.12 bits per heavy atom. The Balaban J connectivity index is 1.93. The van der Waals surface area contributed by atoms with Gasteiger partial charge in [-0.1, -0.05) is 41.0 Å². The highest BCUT2D eigenvalue weighted by Crippen LogP contribution is 2.20. The number of H-pyrrole nitrogens is 1. The highest BCUT2D eigenvalue weighted by molar-refractivity contribution is 7.98. The van der Waals surface area contributed by atoms with Gasteiger partial charge in [0.25, 0.3) is 5.56 Å². The second-order valence-electron chi connectivity index (χ2n) is 5.15. The van der Waals surface area contributed by atoms with E-state index in [1.807, 2.05) is 6.26 Å². The van der Waals surface area contributed by atoms with Crippen molar-refractivity contribution >= 4 is 40.9 Å². The zero-order valence-corrected chi connectivity index (χ0v) is 15.6. The van der Waals surface area contributed by atoms with Crippen molar-refractivity contribution in [1.82, 2.24) is 15.3 Å². The predicted octanol–water partition coefficient (Wildman–Crippen LogP) is 3.36. The van der Waals surface area contributed by atoms with E-state index < -0.39 is 0 Å². The number of rotatable bonds is 6. The molecule has 0 aliphatic carbocycles. The Hall–Kier alpha value is -1.50.